The van der Waals surface area contributed by atoms with Crippen LogP contribution in [-0.2, 0) is 19.1 Å². The third-order valence-electron chi connectivity index (χ3n) is 3.02. The SMILES string of the molecule is C=C(C)C(=O)CSN(CCCCCCOC(=O)C(=C)C)C(C)=O. The number of hydrogen-bond donors (Lipinski definition) is 0. The molecule has 0 aromatic rings. The zero-order chi connectivity index (χ0) is 17.8. The van der Waals surface area contributed by atoms with Gasteiger partial charge in [-0.1, -0.05) is 19.6 Å². The molecule has 0 N–H and O–H groups in total. The van der Waals surface area contributed by atoms with Crippen LogP contribution in [0.4, 0.5) is 0 Å². The van der Waals surface area contributed by atoms with E-state index in [1.165, 1.54) is 18.9 Å². The number of ketones is 1. The molecule has 0 saturated heterocycles. The van der Waals surface area contributed by atoms with Crippen LogP contribution in [0.5, 0.6) is 0 Å². The van der Waals surface area contributed by atoms with Gasteiger partial charge < -0.3 is 4.74 Å². The fourth-order valence-electron chi connectivity index (χ4n) is 1.57. The molecule has 6 heteroatoms. The minimum absolute atomic E-state index is 0.0411. The molecule has 0 heterocycles. The zero-order valence-electron chi connectivity index (χ0n) is 14.4. The van der Waals surface area contributed by atoms with E-state index in [1.807, 2.05) is 0 Å². The van der Waals surface area contributed by atoms with Gasteiger partial charge in [-0.05, 0) is 50.6 Å². The molecule has 0 unspecified atom stereocenters. The van der Waals surface area contributed by atoms with Crippen LogP contribution in [0, 0.1) is 0 Å². The maximum atomic E-state index is 11.5. The Morgan fingerprint density at radius 3 is 2.09 bits per heavy atom. The van der Waals surface area contributed by atoms with E-state index in [4.69, 9.17) is 4.74 Å². The molecule has 0 aliphatic rings. The van der Waals surface area contributed by atoms with Crippen LogP contribution in [-0.4, -0.2) is 40.9 Å². The number of carbonyl (C=O) groups excluding carboxylic acids is 3. The van der Waals surface area contributed by atoms with Gasteiger partial charge in [-0.2, -0.15) is 0 Å². The van der Waals surface area contributed by atoms with E-state index in [0.29, 0.717) is 24.3 Å². The quantitative estimate of drug-likeness (QED) is 0.236. The number of carbonyl (C=O) groups is 3. The number of nitrogens with zero attached hydrogens (tertiary/aromatic N) is 1. The van der Waals surface area contributed by atoms with Crippen LogP contribution in [0.2, 0.25) is 0 Å². The number of Topliss-reactive ketones (excluding diaryl/α,β-unsaturated/α-hetero) is 1. The molecule has 0 bridgehead atoms. The fourth-order valence-corrected chi connectivity index (χ4v) is 2.53. The van der Waals surface area contributed by atoms with E-state index in [9.17, 15) is 14.4 Å². The molecule has 1 amide bonds. The standard InChI is InChI=1S/C17H27NO4S/c1-13(2)16(20)12-23-18(15(5)19)10-8-6-7-9-11-22-17(21)14(3)4/h1,3,6-12H2,2,4-5H3. The summed E-state index contributed by atoms with van der Waals surface area (Å²) in [5.74, 6) is -0.210. The molecule has 0 saturated carbocycles. The summed E-state index contributed by atoms with van der Waals surface area (Å²) in [6.07, 6.45) is 3.50. The summed E-state index contributed by atoms with van der Waals surface area (Å²) in [5.41, 5.74) is 0.911. The lowest BCUT2D eigenvalue weighted by Gasteiger charge is -2.19. The van der Waals surface area contributed by atoms with E-state index >= 15 is 0 Å². The Morgan fingerprint density at radius 2 is 1.57 bits per heavy atom. The first kappa shape index (κ1) is 21.4. The van der Waals surface area contributed by atoms with Crippen molar-refractivity contribution in [1.29, 1.82) is 0 Å². The number of hydrogen-bond acceptors (Lipinski definition) is 5. The molecule has 0 aromatic carbocycles. The van der Waals surface area contributed by atoms with Gasteiger partial charge in [0.15, 0.2) is 5.78 Å². The molecular weight excluding hydrogens is 314 g/mol. The molecule has 0 atom stereocenters. The number of allylic oxidation sites excluding steroid dienone is 1. The molecule has 0 fully saturated rings. The predicted octanol–water partition coefficient (Wildman–Crippen LogP) is 3.31. The summed E-state index contributed by atoms with van der Waals surface area (Å²) in [4.78, 5) is 34.2. The lowest BCUT2D eigenvalue weighted by molar-refractivity contribution is -0.139. The van der Waals surface area contributed by atoms with E-state index in [1.54, 1.807) is 18.2 Å². The molecule has 23 heavy (non-hydrogen) atoms. The van der Waals surface area contributed by atoms with Crippen LogP contribution in [0.1, 0.15) is 46.5 Å². The average molecular weight is 341 g/mol. The largest absolute Gasteiger partial charge is 0.462 e. The molecule has 130 valence electrons. The predicted molar refractivity (Wildman–Crippen MR) is 93.9 cm³/mol. The minimum Gasteiger partial charge on any atom is -0.462 e. The maximum absolute atomic E-state index is 11.5. The van der Waals surface area contributed by atoms with Crippen molar-refractivity contribution >= 4 is 29.6 Å². The molecular formula is C17H27NO4S. The summed E-state index contributed by atoms with van der Waals surface area (Å²) >= 11 is 1.24. The fraction of sp³-hybridized carbons (Fsp3) is 0.588. The highest BCUT2D eigenvalue weighted by Crippen LogP contribution is 2.14. The van der Waals surface area contributed by atoms with Crippen LogP contribution in [0.3, 0.4) is 0 Å². The van der Waals surface area contributed by atoms with Gasteiger partial charge in [-0.15, -0.1) is 0 Å². The van der Waals surface area contributed by atoms with Crippen LogP contribution in [0.15, 0.2) is 24.3 Å². The highest BCUT2D eigenvalue weighted by Gasteiger charge is 2.12. The van der Waals surface area contributed by atoms with E-state index in [0.717, 1.165) is 25.7 Å². The summed E-state index contributed by atoms with van der Waals surface area (Å²) in [6, 6.07) is 0. The molecule has 0 aliphatic carbocycles. The first-order valence-corrected chi connectivity index (χ1v) is 8.62. The Morgan fingerprint density at radius 1 is 0.957 bits per heavy atom. The van der Waals surface area contributed by atoms with Gasteiger partial charge in [0.1, 0.15) is 0 Å². The Hall–Kier alpha value is -1.56. The first-order chi connectivity index (χ1) is 10.8. The third-order valence-corrected chi connectivity index (χ3v) is 4.16. The smallest absolute Gasteiger partial charge is 0.333 e. The van der Waals surface area contributed by atoms with Gasteiger partial charge in [0.05, 0.1) is 12.4 Å². The lowest BCUT2D eigenvalue weighted by Crippen LogP contribution is -2.24. The Balaban J connectivity index is 3.83. The van der Waals surface area contributed by atoms with Crippen molar-refractivity contribution in [2.24, 2.45) is 0 Å². The molecule has 0 aliphatic heterocycles. The van der Waals surface area contributed by atoms with Crippen molar-refractivity contribution in [3.63, 3.8) is 0 Å². The van der Waals surface area contributed by atoms with Crippen LogP contribution in [0.25, 0.3) is 0 Å². The second-order valence-corrected chi connectivity index (χ2v) is 6.42. The van der Waals surface area contributed by atoms with Gasteiger partial charge in [0, 0.05) is 19.0 Å². The number of ether oxygens (including phenoxy) is 1. The van der Waals surface area contributed by atoms with Crippen molar-refractivity contribution < 1.29 is 19.1 Å². The highest BCUT2D eigenvalue weighted by molar-refractivity contribution is 7.98. The average Bonchev–Trinajstić information content (AvgIpc) is 2.47. The minimum atomic E-state index is -0.355. The van der Waals surface area contributed by atoms with E-state index < -0.39 is 0 Å². The van der Waals surface area contributed by atoms with Crippen LogP contribution >= 0.6 is 11.9 Å². The third kappa shape index (κ3) is 10.7. The molecule has 0 rings (SSSR count). The number of esters is 1. The molecule has 0 spiro atoms. The monoisotopic (exact) mass is 341 g/mol. The van der Waals surface area contributed by atoms with E-state index in [2.05, 4.69) is 13.2 Å². The van der Waals surface area contributed by atoms with Crippen LogP contribution < -0.4 is 0 Å². The van der Waals surface area contributed by atoms with Gasteiger partial charge in [-0.3, -0.25) is 13.9 Å². The van der Waals surface area contributed by atoms with Gasteiger partial charge in [-0.25, -0.2) is 4.79 Å². The van der Waals surface area contributed by atoms with E-state index in [-0.39, 0.29) is 23.4 Å². The number of rotatable bonds is 12. The first-order valence-electron chi connectivity index (χ1n) is 7.68. The Bertz CT molecular complexity index is 460. The summed E-state index contributed by atoms with van der Waals surface area (Å²) < 4.78 is 6.62. The topological polar surface area (TPSA) is 63.7 Å². The normalized spacial score (nSPS) is 10.0. The highest BCUT2D eigenvalue weighted by atomic mass is 32.2. The Labute approximate surface area is 143 Å². The van der Waals surface area contributed by atoms with Gasteiger partial charge in [0.25, 0.3) is 0 Å². The second-order valence-electron chi connectivity index (χ2n) is 5.43. The van der Waals surface area contributed by atoms with Gasteiger partial charge in [0.2, 0.25) is 5.91 Å². The Kier molecular flexibility index (Phi) is 11.1. The van der Waals surface area contributed by atoms with Crippen molar-refractivity contribution in [3.05, 3.63) is 24.3 Å². The summed E-state index contributed by atoms with van der Waals surface area (Å²) in [5, 5.41) is 0. The summed E-state index contributed by atoms with van der Waals surface area (Å²) in [7, 11) is 0. The van der Waals surface area contributed by atoms with Crippen molar-refractivity contribution in [2.45, 2.75) is 46.5 Å². The molecule has 0 radical (unpaired) electrons. The summed E-state index contributed by atoms with van der Waals surface area (Å²) in [6.45, 7) is 12.9. The number of unbranched alkanes of at least 4 members (excludes halogenated alkanes) is 3. The molecule has 0 aromatic heterocycles. The number of amides is 1. The lowest BCUT2D eigenvalue weighted by atomic mass is 10.2. The van der Waals surface area contributed by atoms with Crippen molar-refractivity contribution in [1.82, 2.24) is 4.31 Å². The zero-order valence-corrected chi connectivity index (χ0v) is 15.2. The second kappa shape index (κ2) is 11.9. The molecule has 5 nitrogen and oxygen atoms in total. The van der Waals surface area contributed by atoms with Crippen molar-refractivity contribution in [2.75, 3.05) is 18.9 Å². The van der Waals surface area contributed by atoms with Crippen molar-refractivity contribution in [3.8, 4) is 0 Å². The van der Waals surface area contributed by atoms with Gasteiger partial charge >= 0.3 is 5.97 Å². The maximum Gasteiger partial charge on any atom is 0.333 e.